The Balaban J connectivity index is 1.82. The van der Waals surface area contributed by atoms with Crippen molar-refractivity contribution in [2.24, 2.45) is 5.73 Å². The van der Waals surface area contributed by atoms with Gasteiger partial charge < -0.3 is 5.73 Å². The molecule has 1 aliphatic carbocycles. The van der Waals surface area contributed by atoms with Crippen molar-refractivity contribution in [1.29, 1.82) is 0 Å². The maximum Gasteiger partial charge on any atom is 0.262 e. The van der Waals surface area contributed by atoms with Crippen LogP contribution in [0.3, 0.4) is 0 Å². The lowest BCUT2D eigenvalue weighted by molar-refractivity contribution is 0.0971. The third-order valence-corrected chi connectivity index (χ3v) is 6.08. The Morgan fingerprint density at radius 3 is 2.25 bits per heavy atom. The van der Waals surface area contributed by atoms with Gasteiger partial charge in [-0.2, -0.15) is 0 Å². The highest BCUT2D eigenvalue weighted by Crippen LogP contribution is 2.30. The number of nitrogens with two attached hydrogens (primary N) is 1. The monoisotopic (exact) mass is 392 g/mol. The maximum atomic E-state index is 13.0. The van der Waals surface area contributed by atoms with Gasteiger partial charge in [0.15, 0.2) is 0 Å². The minimum atomic E-state index is -4.07. The summed E-state index contributed by atoms with van der Waals surface area (Å²) in [6.07, 6.45) is 0. The number of hydrogen-bond acceptors (Lipinski definition) is 5. The highest BCUT2D eigenvalue weighted by atomic mass is 32.2. The van der Waals surface area contributed by atoms with Crippen LogP contribution in [-0.2, 0) is 10.0 Å². The largest absolute Gasteiger partial charge is 0.394 e. The molecule has 4 rings (SSSR count). The van der Waals surface area contributed by atoms with Gasteiger partial charge in [-0.25, -0.2) is 8.42 Å². The number of aryl methyl sites for hydroxylation is 1. The van der Waals surface area contributed by atoms with Crippen LogP contribution < -0.4 is 10.5 Å². The molecule has 0 radical (unpaired) electrons. The molecule has 3 N–H and O–H groups in total. The fraction of sp³-hybridized carbons (Fsp3) is 0.0476. The van der Waals surface area contributed by atoms with E-state index in [1.807, 2.05) is 19.1 Å². The Morgan fingerprint density at radius 1 is 0.857 bits per heavy atom. The molecule has 0 spiro atoms. The van der Waals surface area contributed by atoms with Crippen LogP contribution in [0.25, 0.3) is 10.8 Å². The van der Waals surface area contributed by atoms with E-state index in [-0.39, 0.29) is 16.0 Å². The van der Waals surface area contributed by atoms with Crippen molar-refractivity contribution >= 4 is 32.4 Å². The molecule has 28 heavy (non-hydrogen) atoms. The zero-order valence-electron chi connectivity index (χ0n) is 14.9. The first-order chi connectivity index (χ1) is 13.3. The third-order valence-electron chi connectivity index (χ3n) is 4.71. The summed E-state index contributed by atoms with van der Waals surface area (Å²) in [6.45, 7) is 1.83. The summed E-state index contributed by atoms with van der Waals surface area (Å²) in [5, 5.41) is 1.39. The molecule has 3 aromatic carbocycles. The van der Waals surface area contributed by atoms with Crippen LogP contribution in [0.4, 0.5) is 0 Å². The summed E-state index contributed by atoms with van der Waals surface area (Å²) in [5.74, 6) is -1.21. The first kappa shape index (κ1) is 17.9. The third kappa shape index (κ3) is 2.76. The van der Waals surface area contributed by atoms with Gasteiger partial charge in [-0.1, -0.05) is 48.0 Å². The van der Waals surface area contributed by atoms with Crippen molar-refractivity contribution in [2.75, 3.05) is 0 Å². The van der Waals surface area contributed by atoms with Gasteiger partial charge in [0, 0.05) is 11.1 Å². The van der Waals surface area contributed by atoms with Gasteiger partial charge in [0.25, 0.3) is 10.0 Å². The smallest absolute Gasteiger partial charge is 0.262 e. The first-order valence-electron chi connectivity index (χ1n) is 8.50. The van der Waals surface area contributed by atoms with Crippen molar-refractivity contribution < 1.29 is 18.0 Å². The molecule has 0 aliphatic heterocycles. The van der Waals surface area contributed by atoms with Gasteiger partial charge in [0.05, 0.1) is 4.90 Å². The molecule has 0 bridgehead atoms. The molecule has 0 amide bonds. The molecule has 0 aromatic heterocycles. The van der Waals surface area contributed by atoms with E-state index in [0.717, 1.165) is 10.9 Å². The number of allylic oxidation sites excluding steroid dienone is 2. The lowest BCUT2D eigenvalue weighted by atomic mass is 9.87. The van der Waals surface area contributed by atoms with E-state index >= 15 is 0 Å². The number of hydrogen-bond donors (Lipinski definition) is 2. The predicted octanol–water partition coefficient (Wildman–Crippen LogP) is 2.68. The zero-order chi connectivity index (χ0) is 20.1. The summed E-state index contributed by atoms with van der Waals surface area (Å²) in [6, 6.07) is 16.5. The van der Waals surface area contributed by atoms with E-state index < -0.39 is 33.0 Å². The van der Waals surface area contributed by atoms with Crippen LogP contribution in [0, 0.1) is 6.92 Å². The Kier molecular flexibility index (Phi) is 4.05. The van der Waals surface area contributed by atoms with E-state index in [0.29, 0.717) is 5.39 Å². The fourth-order valence-corrected chi connectivity index (χ4v) is 4.31. The summed E-state index contributed by atoms with van der Waals surface area (Å²) in [7, 11) is -4.07. The van der Waals surface area contributed by atoms with E-state index in [9.17, 15) is 18.0 Å². The predicted molar refractivity (Wildman–Crippen MR) is 105 cm³/mol. The van der Waals surface area contributed by atoms with E-state index in [1.54, 1.807) is 30.3 Å². The molecule has 0 atom stereocenters. The Labute approximate surface area is 161 Å². The summed E-state index contributed by atoms with van der Waals surface area (Å²) >= 11 is 0. The molecule has 0 heterocycles. The van der Waals surface area contributed by atoms with Crippen LogP contribution in [0.15, 0.2) is 77.0 Å². The molecule has 0 saturated carbocycles. The molecule has 1 aliphatic rings. The number of sulfonamides is 1. The number of ketones is 2. The van der Waals surface area contributed by atoms with Gasteiger partial charge >= 0.3 is 0 Å². The normalized spacial score (nSPS) is 14.3. The van der Waals surface area contributed by atoms with E-state index in [1.165, 1.54) is 18.2 Å². The molecular weight excluding hydrogens is 376 g/mol. The molecule has 3 aromatic rings. The van der Waals surface area contributed by atoms with Gasteiger partial charge in [0.1, 0.15) is 11.4 Å². The van der Waals surface area contributed by atoms with Crippen LogP contribution in [0.5, 0.6) is 0 Å². The number of Topliss-reactive ketones (excluding diaryl/α,β-unsaturated/α-hetero) is 2. The summed E-state index contributed by atoms with van der Waals surface area (Å²) in [4.78, 5) is 25.8. The first-order valence-corrected chi connectivity index (χ1v) is 9.98. The van der Waals surface area contributed by atoms with E-state index in [2.05, 4.69) is 4.72 Å². The highest BCUT2D eigenvalue weighted by Gasteiger charge is 2.34. The van der Waals surface area contributed by atoms with Crippen molar-refractivity contribution in [3.05, 3.63) is 88.7 Å². The number of rotatable bonds is 3. The van der Waals surface area contributed by atoms with Crippen LogP contribution >= 0.6 is 0 Å². The van der Waals surface area contributed by atoms with Crippen molar-refractivity contribution in [3.8, 4) is 0 Å². The number of carbonyl (C=O) groups excluding carboxylic acids is 2. The second-order valence-electron chi connectivity index (χ2n) is 6.57. The quantitative estimate of drug-likeness (QED) is 0.713. The fourth-order valence-electron chi connectivity index (χ4n) is 3.22. The zero-order valence-corrected chi connectivity index (χ0v) is 15.7. The second kappa shape index (κ2) is 6.31. The average Bonchev–Trinajstić information content (AvgIpc) is 2.69. The SMILES string of the molecule is Cc1ccc(S(=O)(=O)NC2=C(N)C(=O)c3c(ccc4ccccc34)C2=O)cc1. The maximum absolute atomic E-state index is 13.0. The van der Waals surface area contributed by atoms with Crippen molar-refractivity contribution in [1.82, 2.24) is 4.72 Å². The van der Waals surface area contributed by atoms with Gasteiger partial charge in [0.2, 0.25) is 11.6 Å². The molecule has 6 nitrogen and oxygen atoms in total. The highest BCUT2D eigenvalue weighted by molar-refractivity contribution is 7.89. The molecule has 140 valence electrons. The minimum absolute atomic E-state index is 0.0250. The minimum Gasteiger partial charge on any atom is -0.394 e. The molecule has 0 saturated heterocycles. The lowest BCUT2D eigenvalue weighted by Crippen LogP contribution is -2.36. The van der Waals surface area contributed by atoms with Crippen molar-refractivity contribution in [3.63, 3.8) is 0 Å². The van der Waals surface area contributed by atoms with Crippen LogP contribution in [-0.4, -0.2) is 20.0 Å². The second-order valence-corrected chi connectivity index (χ2v) is 8.26. The molecule has 7 heteroatoms. The molecule has 0 unspecified atom stereocenters. The number of benzene rings is 3. The topological polar surface area (TPSA) is 106 Å². The van der Waals surface area contributed by atoms with Crippen molar-refractivity contribution in [2.45, 2.75) is 11.8 Å². The van der Waals surface area contributed by atoms with E-state index in [4.69, 9.17) is 5.73 Å². The van der Waals surface area contributed by atoms with Gasteiger partial charge in [-0.3, -0.25) is 14.3 Å². The van der Waals surface area contributed by atoms with Crippen LogP contribution in [0.1, 0.15) is 26.3 Å². The molecule has 0 fully saturated rings. The lowest BCUT2D eigenvalue weighted by Gasteiger charge is -2.21. The Morgan fingerprint density at radius 2 is 1.54 bits per heavy atom. The van der Waals surface area contributed by atoms with Gasteiger partial charge in [-0.05, 0) is 35.9 Å². The Bertz CT molecular complexity index is 1290. The van der Waals surface area contributed by atoms with Gasteiger partial charge in [-0.15, -0.1) is 0 Å². The summed E-state index contributed by atoms with van der Waals surface area (Å²) < 4.78 is 27.5. The molecular formula is C21H16N2O4S. The number of nitrogens with one attached hydrogen (secondary N) is 1. The van der Waals surface area contributed by atoms with Crippen LogP contribution in [0.2, 0.25) is 0 Å². The summed E-state index contributed by atoms with van der Waals surface area (Å²) in [5.41, 5.74) is 6.28. The standard InChI is InChI=1S/C21H16N2O4S/c1-12-6-9-14(10-7-12)28(26,27)23-19-18(22)21(25)17-15-5-3-2-4-13(15)8-11-16(17)20(19)24/h2-11,23H,22H2,1H3. The number of carbonyl (C=O) groups is 2. The Hall–Kier alpha value is -3.45. The average molecular weight is 392 g/mol. The number of fused-ring (bicyclic) bond motifs is 3.